The summed E-state index contributed by atoms with van der Waals surface area (Å²) < 4.78 is 6.96. The lowest BCUT2D eigenvalue weighted by Crippen LogP contribution is -2.26. The molecule has 0 amide bonds. The lowest BCUT2D eigenvalue weighted by Gasteiger charge is -2.18. The van der Waals surface area contributed by atoms with Crippen LogP contribution in [-0.4, -0.2) is 28.2 Å². The van der Waals surface area contributed by atoms with E-state index in [-0.39, 0.29) is 23.9 Å². The SMILES string of the molecule is COc1ccc2c(c1)nc(C(=O)c1ccccc1)n2CC(=O)C(C)(C)C. The van der Waals surface area contributed by atoms with E-state index in [4.69, 9.17) is 4.74 Å². The summed E-state index contributed by atoms with van der Waals surface area (Å²) in [5.41, 5.74) is 1.41. The zero-order valence-corrected chi connectivity index (χ0v) is 15.4. The van der Waals surface area contributed by atoms with E-state index in [0.29, 0.717) is 16.8 Å². The average Bonchev–Trinajstić information content (AvgIpc) is 2.98. The number of carbonyl (C=O) groups is 2. The van der Waals surface area contributed by atoms with Gasteiger partial charge in [0.05, 0.1) is 24.7 Å². The molecule has 3 aromatic rings. The third-order valence-electron chi connectivity index (χ3n) is 4.33. The molecule has 0 saturated heterocycles. The summed E-state index contributed by atoms with van der Waals surface area (Å²) in [5, 5.41) is 0. The molecule has 0 fully saturated rings. The van der Waals surface area contributed by atoms with Crippen molar-refractivity contribution >= 4 is 22.6 Å². The average molecular weight is 350 g/mol. The van der Waals surface area contributed by atoms with Crippen LogP contribution in [0.1, 0.15) is 37.0 Å². The van der Waals surface area contributed by atoms with Crippen LogP contribution in [0.15, 0.2) is 48.5 Å². The number of nitrogens with zero attached hydrogens (tertiary/aromatic N) is 2. The molecular weight excluding hydrogens is 328 g/mol. The Morgan fingerprint density at radius 3 is 2.38 bits per heavy atom. The molecule has 0 radical (unpaired) electrons. The quantitative estimate of drug-likeness (QED) is 0.655. The zero-order valence-electron chi connectivity index (χ0n) is 15.4. The molecule has 0 atom stereocenters. The van der Waals surface area contributed by atoms with Crippen molar-refractivity contribution in [2.75, 3.05) is 7.11 Å². The topological polar surface area (TPSA) is 61.2 Å². The third kappa shape index (κ3) is 3.38. The molecule has 26 heavy (non-hydrogen) atoms. The lowest BCUT2D eigenvalue weighted by molar-refractivity contribution is -0.126. The van der Waals surface area contributed by atoms with Gasteiger partial charge in [-0.1, -0.05) is 51.1 Å². The minimum Gasteiger partial charge on any atom is -0.497 e. The molecule has 0 saturated carbocycles. The van der Waals surface area contributed by atoms with Crippen molar-refractivity contribution in [3.63, 3.8) is 0 Å². The third-order valence-corrected chi connectivity index (χ3v) is 4.33. The molecule has 0 aliphatic carbocycles. The van der Waals surface area contributed by atoms with Crippen LogP contribution in [0.3, 0.4) is 0 Å². The smallest absolute Gasteiger partial charge is 0.228 e. The van der Waals surface area contributed by atoms with E-state index in [2.05, 4.69) is 4.98 Å². The molecule has 2 aromatic carbocycles. The summed E-state index contributed by atoms with van der Waals surface area (Å²) in [4.78, 5) is 30.1. The maximum absolute atomic E-state index is 13.0. The van der Waals surface area contributed by atoms with Crippen LogP contribution in [0.5, 0.6) is 5.75 Å². The number of ether oxygens (including phenoxy) is 1. The fourth-order valence-electron chi connectivity index (χ4n) is 2.67. The zero-order chi connectivity index (χ0) is 18.9. The summed E-state index contributed by atoms with van der Waals surface area (Å²) in [6, 6.07) is 14.4. The monoisotopic (exact) mass is 350 g/mol. The minimum atomic E-state index is -0.504. The number of imidazole rings is 1. The van der Waals surface area contributed by atoms with Gasteiger partial charge < -0.3 is 9.30 Å². The molecule has 0 unspecified atom stereocenters. The molecule has 1 heterocycles. The van der Waals surface area contributed by atoms with Gasteiger partial charge in [0.25, 0.3) is 0 Å². The number of hydrogen-bond donors (Lipinski definition) is 0. The Balaban J connectivity index is 2.15. The van der Waals surface area contributed by atoms with E-state index in [9.17, 15) is 9.59 Å². The Morgan fingerprint density at radius 2 is 1.77 bits per heavy atom. The molecule has 0 aliphatic rings. The number of carbonyl (C=O) groups excluding carboxylic acids is 2. The number of methoxy groups -OCH3 is 1. The largest absolute Gasteiger partial charge is 0.497 e. The summed E-state index contributed by atoms with van der Waals surface area (Å²) in [5.74, 6) is 0.747. The molecule has 5 heteroatoms. The van der Waals surface area contributed by atoms with E-state index in [1.54, 1.807) is 35.9 Å². The van der Waals surface area contributed by atoms with Gasteiger partial charge in [0.2, 0.25) is 5.78 Å². The van der Waals surface area contributed by atoms with Crippen molar-refractivity contribution in [1.82, 2.24) is 9.55 Å². The summed E-state index contributed by atoms with van der Waals surface area (Å²) in [7, 11) is 1.58. The predicted octanol–water partition coefficient (Wildman–Crippen LogP) is 3.89. The van der Waals surface area contributed by atoms with Crippen LogP contribution >= 0.6 is 0 Å². The van der Waals surface area contributed by atoms with Crippen molar-refractivity contribution < 1.29 is 14.3 Å². The number of Topliss-reactive ketones (excluding diaryl/α,β-unsaturated/α-hetero) is 1. The first kappa shape index (κ1) is 17.9. The maximum atomic E-state index is 13.0. The molecule has 1 aromatic heterocycles. The van der Waals surface area contributed by atoms with Gasteiger partial charge in [0.1, 0.15) is 5.75 Å². The Hall–Kier alpha value is -2.95. The van der Waals surface area contributed by atoms with Gasteiger partial charge in [0, 0.05) is 17.0 Å². The van der Waals surface area contributed by atoms with E-state index in [0.717, 1.165) is 5.52 Å². The van der Waals surface area contributed by atoms with E-state index < -0.39 is 5.41 Å². The normalized spacial score (nSPS) is 11.5. The second kappa shape index (κ2) is 6.75. The highest BCUT2D eigenvalue weighted by Crippen LogP contribution is 2.25. The van der Waals surface area contributed by atoms with Crippen molar-refractivity contribution in [3.05, 3.63) is 59.9 Å². The van der Waals surface area contributed by atoms with E-state index in [1.807, 2.05) is 45.0 Å². The van der Waals surface area contributed by atoms with E-state index in [1.165, 1.54) is 0 Å². The highest BCUT2D eigenvalue weighted by Gasteiger charge is 2.26. The maximum Gasteiger partial charge on any atom is 0.228 e. The van der Waals surface area contributed by atoms with Gasteiger partial charge >= 0.3 is 0 Å². The van der Waals surface area contributed by atoms with Crippen LogP contribution in [0.2, 0.25) is 0 Å². The number of hydrogen-bond acceptors (Lipinski definition) is 4. The van der Waals surface area contributed by atoms with Crippen LogP contribution in [0.25, 0.3) is 11.0 Å². The van der Waals surface area contributed by atoms with Crippen LogP contribution in [0.4, 0.5) is 0 Å². The van der Waals surface area contributed by atoms with Crippen molar-refractivity contribution in [2.24, 2.45) is 5.41 Å². The van der Waals surface area contributed by atoms with Gasteiger partial charge in [-0.3, -0.25) is 9.59 Å². The Kier molecular flexibility index (Phi) is 4.64. The second-order valence-corrected chi connectivity index (χ2v) is 7.24. The van der Waals surface area contributed by atoms with Crippen molar-refractivity contribution in [1.29, 1.82) is 0 Å². The summed E-state index contributed by atoms with van der Waals surface area (Å²) >= 11 is 0. The Labute approximate surface area is 152 Å². The fraction of sp³-hybridized carbons (Fsp3) is 0.286. The summed E-state index contributed by atoms with van der Waals surface area (Å²) in [6.45, 7) is 5.71. The number of aromatic nitrogens is 2. The van der Waals surface area contributed by atoms with Gasteiger partial charge in [0.15, 0.2) is 11.6 Å². The lowest BCUT2D eigenvalue weighted by atomic mass is 9.91. The molecule has 0 N–H and O–H groups in total. The first-order valence-corrected chi connectivity index (χ1v) is 8.48. The fourth-order valence-corrected chi connectivity index (χ4v) is 2.67. The molecule has 0 bridgehead atoms. The molecule has 134 valence electrons. The molecule has 0 aliphatic heterocycles. The highest BCUT2D eigenvalue weighted by atomic mass is 16.5. The minimum absolute atomic E-state index is 0.0368. The highest BCUT2D eigenvalue weighted by molar-refractivity contribution is 6.08. The van der Waals surface area contributed by atoms with Crippen LogP contribution in [-0.2, 0) is 11.3 Å². The number of rotatable bonds is 5. The number of benzene rings is 2. The number of fused-ring (bicyclic) bond motifs is 1. The summed E-state index contributed by atoms with van der Waals surface area (Å²) in [6.07, 6.45) is 0. The van der Waals surface area contributed by atoms with Gasteiger partial charge in [-0.05, 0) is 12.1 Å². The van der Waals surface area contributed by atoms with Gasteiger partial charge in [-0.15, -0.1) is 0 Å². The molecule has 5 nitrogen and oxygen atoms in total. The van der Waals surface area contributed by atoms with Crippen molar-refractivity contribution in [2.45, 2.75) is 27.3 Å². The number of ketones is 2. The first-order valence-electron chi connectivity index (χ1n) is 8.48. The Bertz CT molecular complexity index is 966. The first-order chi connectivity index (χ1) is 12.3. The molecule has 0 spiro atoms. The van der Waals surface area contributed by atoms with Crippen LogP contribution in [0, 0.1) is 5.41 Å². The van der Waals surface area contributed by atoms with E-state index >= 15 is 0 Å². The van der Waals surface area contributed by atoms with Gasteiger partial charge in [-0.2, -0.15) is 0 Å². The van der Waals surface area contributed by atoms with Crippen molar-refractivity contribution in [3.8, 4) is 5.75 Å². The Morgan fingerprint density at radius 1 is 1.08 bits per heavy atom. The standard InChI is InChI=1S/C21H22N2O3/c1-21(2,3)18(24)13-23-17-11-10-15(26-4)12-16(17)22-20(23)19(25)14-8-6-5-7-9-14/h5-12H,13H2,1-4H3. The molecule has 3 rings (SSSR count). The predicted molar refractivity (Wildman–Crippen MR) is 101 cm³/mol. The second-order valence-electron chi connectivity index (χ2n) is 7.24. The van der Waals surface area contributed by atoms with Gasteiger partial charge in [-0.25, -0.2) is 4.98 Å². The molecular formula is C21H22N2O3. The van der Waals surface area contributed by atoms with Crippen LogP contribution < -0.4 is 4.74 Å².